The molecule has 1 aliphatic rings. The normalized spacial score (nSPS) is 19.7. The van der Waals surface area contributed by atoms with Crippen LogP contribution in [-0.4, -0.2) is 64.8 Å². The van der Waals surface area contributed by atoms with Crippen LogP contribution in [0.4, 0.5) is 5.69 Å². The zero-order valence-corrected chi connectivity index (χ0v) is 38.2. The molecular weight excluding hydrogens is 702 g/mol. The second-order valence-electron chi connectivity index (χ2n) is 17.2. The van der Waals surface area contributed by atoms with Crippen LogP contribution >= 0.6 is 11.6 Å². The van der Waals surface area contributed by atoms with Crippen LogP contribution in [0.2, 0.25) is 55.0 Å². The van der Waals surface area contributed by atoms with Gasteiger partial charge in [-0.05, 0) is 55.9 Å². The summed E-state index contributed by atoms with van der Waals surface area (Å²) in [6, 6.07) is 0. The standard InChI is InChI=1S/C37H70ClN3O6Si3/c1-22(2)48(23(3)4,24(5)6)44-20-33-36(47-50(28(13)14,29(15)16)30(17)18)32(46-49(25(7)8,26(9)10)27(11)12)19-31(45-33)34-35(41(42)43)37(38)40-21-39-34/h19,21-30,32-33,36H,20H2,1-18H3. The van der Waals surface area contributed by atoms with E-state index in [1.165, 1.54) is 6.33 Å². The molecule has 0 aromatic carbocycles. The molecule has 3 atom stereocenters. The number of nitrogens with zero attached hydrogens (tertiary/aromatic N) is 3. The van der Waals surface area contributed by atoms with Crippen LogP contribution < -0.4 is 0 Å². The molecule has 1 aromatic rings. The van der Waals surface area contributed by atoms with E-state index in [0.29, 0.717) is 49.9 Å². The number of nitro groups is 1. The van der Waals surface area contributed by atoms with Crippen LogP contribution in [0, 0.1) is 10.1 Å². The average Bonchev–Trinajstić information content (AvgIpc) is 2.97. The largest absolute Gasteiger partial charge is 0.483 e. The first-order chi connectivity index (χ1) is 23.0. The van der Waals surface area contributed by atoms with Crippen LogP contribution in [0.1, 0.15) is 130 Å². The Morgan fingerprint density at radius 1 is 0.700 bits per heavy atom. The monoisotopic (exact) mass is 771 g/mol. The van der Waals surface area contributed by atoms with Gasteiger partial charge in [0.2, 0.25) is 30.1 Å². The third-order valence-corrected chi connectivity index (χ3v) is 30.3. The molecule has 0 amide bonds. The van der Waals surface area contributed by atoms with E-state index in [-0.39, 0.29) is 28.9 Å². The first kappa shape index (κ1) is 45.0. The van der Waals surface area contributed by atoms with Crippen molar-refractivity contribution in [3.05, 3.63) is 33.4 Å². The fourth-order valence-electron chi connectivity index (χ4n) is 9.95. The van der Waals surface area contributed by atoms with Gasteiger partial charge >= 0.3 is 5.69 Å². The number of halogens is 1. The molecule has 1 aromatic heterocycles. The van der Waals surface area contributed by atoms with Crippen LogP contribution in [0.15, 0.2) is 12.4 Å². The minimum Gasteiger partial charge on any atom is -0.483 e. The van der Waals surface area contributed by atoms with Crippen molar-refractivity contribution in [3.63, 3.8) is 0 Å². The Morgan fingerprint density at radius 2 is 1.10 bits per heavy atom. The van der Waals surface area contributed by atoms with Crippen LogP contribution in [-0.2, 0) is 18.0 Å². The minimum atomic E-state index is -2.52. The van der Waals surface area contributed by atoms with Crippen LogP contribution in [0.5, 0.6) is 0 Å². The maximum Gasteiger partial charge on any atom is 0.335 e. The Morgan fingerprint density at radius 3 is 1.48 bits per heavy atom. The lowest BCUT2D eigenvalue weighted by molar-refractivity contribution is -0.385. The van der Waals surface area contributed by atoms with Crippen molar-refractivity contribution >= 4 is 48.0 Å². The van der Waals surface area contributed by atoms with E-state index < -0.39 is 48.2 Å². The molecule has 2 heterocycles. The lowest BCUT2D eigenvalue weighted by atomic mass is 10.0. The van der Waals surface area contributed by atoms with Crippen molar-refractivity contribution in [2.75, 3.05) is 6.61 Å². The molecule has 9 nitrogen and oxygen atoms in total. The van der Waals surface area contributed by atoms with Gasteiger partial charge in [-0.25, -0.2) is 9.97 Å². The van der Waals surface area contributed by atoms with E-state index in [1.807, 2.05) is 6.08 Å². The summed E-state index contributed by atoms with van der Waals surface area (Å²) >= 11 is 6.36. The Balaban J connectivity index is 3.06. The van der Waals surface area contributed by atoms with Crippen LogP contribution in [0.3, 0.4) is 0 Å². The van der Waals surface area contributed by atoms with Crippen molar-refractivity contribution in [1.29, 1.82) is 0 Å². The van der Waals surface area contributed by atoms with E-state index in [4.69, 9.17) is 29.6 Å². The molecule has 0 aliphatic carbocycles. The number of hydrogen-bond donors (Lipinski definition) is 0. The minimum absolute atomic E-state index is 0.0399. The Kier molecular flexibility index (Phi) is 16.0. The van der Waals surface area contributed by atoms with Crippen molar-refractivity contribution < 1.29 is 22.9 Å². The van der Waals surface area contributed by atoms with Gasteiger partial charge in [-0.1, -0.05) is 136 Å². The molecule has 3 unspecified atom stereocenters. The summed E-state index contributed by atoms with van der Waals surface area (Å²) in [4.78, 5) is 20.2. The Labute approximate surface area is 312 Å². The summed E-state index contributed by atoms with van der Waals surface area (Å²) in [7, 11) is -7.39. The molecule has 0 spiro atoms. The van der Waals surface area contributed by atoms with E-state index in [2.05, 4.69) is 135 Å². The number of hydrogen-bond acceptors (Lipinski definition) is 8. The summed E-state index contributed by atoms with van der Waals surface area (Å²) in [5, 5.41) is 12.2. The summed E-state index contributed by atoms with van der Waals surface area (Å²) in [5.74, 6) is 0.260. The van der Waals surface area contributed by atoms with Gasteiger partial charge in [0.15, 0.2) is 11.5 Å². The van der Waals surface area contributed by atoms with Crippen molar-refractivity contribution in [2.45, 2.75) is 193 Å². The van der Waals surface area contributed by atoms with Gasteiger partial charge in [0.25, 0.3) is 0 Å². The second kappa shape index (κ2) is 17.8. The van der Waals surface area contributed by atoms with Gasteiger partial charge in [-0.2, -0.15) is 0 Å². The van der Waals surface area contributed by atoms with Gasteiger partial charge in [0, 0.05) is 0 Å². The summed E-state index contributed by atoms with van der Waals surface area (Å²) in [6.07, 6.45) is 1.46. The predicted molar refractivity (Wildman–Crippen MR) is 215 cm³/mol. The van der Waals surface area contributed by atoms with E-state index in [9.17, 15) is 10.1 Å². The van der Waals surface area contributed by atoms with E-state index >= 15 is 0 Å². The highest BCUT2D eigenvalue weighted by Crippen LogP contribution is 2.49. The third kappa shape index (κ3) is 8.62. The van der Waals surface area contributed by atoms with E-state index in [0.717, 1.165) is 0 Å². The maximum absolute atomic E-state index is 12.4. The van der Waals surface area contributed by atoms with Crippen molar-refractivity contribution in [3.8, 4) is 0 Å². The molecule has 0 saturated carbocycles. The molecule has 13 heteroatoms. The number of rotatable bonds is 18. The van der Waals surface area contributed by atoms with Gasteiger partial charge in [0.05, 0.1) is 17.6 Å². The van der Waals surface area contributed by atoms with Gasteiger partial charge in [0.1, 0.15) is 18.5 Å². The molecule has 50 heavy (non-hydrogen) atoms. The molecule has 0 radical (unpaired) electrons. The van der Waals surface area contributed by atoms with Gasteiger partial charge < -0.3 is 18.0 Å². The average molecular weight is 773 g/mol. The van der Waals surface area contributed by atoms with Gasteiger partial charge in [-0.15, -0.1) is 0 Å². The van der Waals surface area contributed by atoms with E-state index in [1.54, 1.807) is 0 Å². The lowest BCUT2D eigenvalue weighted by Crippen LogP contribution is -2.61. The highest BCUT2D eigenvalue weighted by molar-refractivity contribution is 6.78. The Hall–Kier alpha value is -1.16. The fourth-order valence-corrected chi connectivity index (χ4v) is 26.7. The summed E-state index contributed by atoms with van der Waals surface area (Å²) < 4.78 is 29.5. The first-order valence-corrected chi connectivity index (χ1v) is 25.8. The molecule has 1 aliphatic heterocycles. The fraction of sp³-hybridized carbons (Fsp3) is 0.838. The molecule has 0 fully saturated rings. The zero-order chi connectivity index (χ0) is 38.7. The molecule has 0 N–H and O–H groups in total. The smallest absolute Gasteiger partial charge is 0.335 e. The zero-order valence-electron chi connectivity index (χ0n) is 34.5. The highest BCUT2D eigenvalue weighted by Gasteiger charge is 2.55. The topological polar surface area (TPSA) is 106 Å². The highest BCUT2D eigenvalue weighted by atomic mass is 35.5. The lowest BCUT2D eigenvalue weighted by Gasteiger charge is -2.52. The Bertz CT molecular complexity index is 1240. The number of ether oxygens (including phenoxy) is 1. The summed E-state index contributed by atoms with van der Waals surface area (Å²) in [5.41, 5.74) is 2.55. The predicted octanol–water partition coefficient (Wildman–Crippen LogP) is 12.1. The molecule has 0 saturated heterocycles. The molecule has 288 valence electrons. The van der Waals surface area contributed by atoms with Crippen LogP contribution in [0.25, 0.3) is 5.76 Å². The first-order valence-electron chi connectivity index (χ1n) is 19.0. The van der Waals surface area contributed by atoms with Crippen molar-refractivity contribution in [2.24, 2.45) is 0 Å². The quantitative estimate of drug-likeness (QED) is 0.0628. The molecule has 2 rings (SSSR count). The molecule has 0 bridgehead atoms. The van der Waals surface area contributed by atoms with Gasteiger partial charge in [-0.3, -0.25) is 10.1 Å². The summed E-state index contributed by atoms with van der Waals surface area (Å²) in [6.45, 7) is 41.2. The SMILES string of the molecule is CC(C)[Si](OCC1OC(c2ncnc(Cl)c2[N+](=O)[O-])=CC(O[Si](C(C)C)(C(C)C)C(C)C)C1O[Si](C(C)C)(C(C)C)C(C)C)(C(C)C)C(C)C. The molecular formula is C37H70ClN3O6Si3. The third-order valence-electron chi connectivity index (χ3n) is 11.8. The number of aromatic nitrogens is 2. The second-order valence-corrected chi connectivity index (χ2v) is 33.9. The van der Waals surface area contributed by atoms with Crippen molar-refractivity contribution in [1.82, 2.24) is 9.97 Å². The maximum atomic E-state index is 12.4.